The minimum absolute atomic E-state index is 0. The summed E-state index contributed by atoms with van der Waals surface area (Å²) < 4.78 is 0. The van der Waals surface area contributed by atoms with E-state index in [1.54, 1.807) is 0 Å². The lowest BCUT2D eigenvalue weighted by Gasteiger charge is -1.64. The van der Waals surface area contributed by atoms with Crippen LogP contribution in [0.5, 0.6) is 0 Å². The van der Waals surface area contributed by atoms with Crippen LogP contribution < -0.4 is 6.15 Å². The predicted molar refractivity (Wildman–Crippen MR) is 34.1 cm³/mol. The van der Waals surface area contributed by atoms with Crippen LogP contribution in [0.1, 0.15) is 0 Å². The van der Waals surface area contributed by atoms with E-state index in [1.807, 2.05) is 0 Å². The molecule has 3 nitrogen and oxygen atoms in total. The molecular weight excluding hydrogens is 106 g/mol. The molecule has 0 heterocycles. The second-order valence-corrected chi connectivity index (χ2v) is 0.542. The molecule has 0 saturated carbocycles. The third-order valence-corrected chi connectivity index (χ3v) is 0.175. The van der Waals surface area contributed by atoms with Crippen molar-refractivity contribution in [2.75, 3.05) is 0 Å². The number of rotatable bonds is 1. The minimum atomic E-state index is -0.981. The quantitative estimate of drug-likeness (QED) is 0.400. The van der Waals surface area contributed by atoms with E-state index in [1.165, 1.54) is 0 Å². The maximum Gasteiger partial charge on any atom is 0.327 e. The molecule has 0 rings (SSSR count). The predicted octanol–water partition coefficient (Wildman–Crippen LogP) is 1.22. The Bertz CT molecular complexity index is 70.8. The molecule has 0 radical (unpaired) electrons. The van der Waals surface area contributed by atoms with Crippen LogP contribution in [-0.2, 0) is 4.79 Å². The van der Waals surface area contributed by atoms with Crippen molar-refractivity contribution < 1.29 is 9.90 Å². The largest absolute Gasteiger partial charge is 0.478 e. The first-order valence-corrected chi connectivity index (χ1v) is 1.62. The lowest BCUT2D eigenvalue weighted by Crippen LogP contribution is -1.82. The molecule has 0 amide bonds. The Morgan fingerprint density at radius 1 is 1.50 bits per heavy atom. The maximum absolute atomic E-state index is 9.25. The molecular formula is C5H11NO2. The van der Waals surface area contributed by atoms with E-state index in [9.17, 15) is 4.79 Å². The van der Waals surface area contributed by atoms with E-state index in [-0.39, 0.29) is 6.15 Å². The molecule has 0 fully saturated rings. The van der Waals surface area contributed by atoms with Gasteiger partial charge >= 0.3 is 5.97 Å². The second-order valence-electron chi connectivity index (χ2n) is 0.542. The van der Waals surface area contributed by atoms with Crippen LogP contribution in [0.3, 0.4) is 0 Å². The summed E-state index contributed by atoms with van der Waals surface area (Å²) in [4.78, 5) is 9.25. The van der Waals surface area contributed by atoms with Crippen LogP contribution in [-0.4, -0.2) is 11.1 Å². The SMILES string of the molecule is C=C.C=CC(=O)O.N. The molecule has 0 aliphatic rings. The molecule has 0 unspecified atom stereocenters. The van der Waals surface area contributed by atoms with Crippen molar-refractivity contribution in [2.24, 2.45) is 0 Å². The van der Waals surface area contributed by atoms with Crippen molar-refractivity contribution >= 4 is 5.97 Å². The average Bonchev–Trinajstić information content (AvgIpc) is 1.73. The van der Waals surface area contributed by atoms with Crippen molar-refractivity contribution in [3.63, 3.8) is 0 Å². The summed E-state index contributed by atoms with van der Waals surface area (Å²) in [5.74, 6) is -0.981. The highest BCUT2D eigenvalue weighted by Crippen LogP contribution is 1.54. The molecule has 8 heavy (non-hydrogen) atoms. The van der Waals surface area contributed by atoms with Crippen LogP contribution >= 0.6 is 0 Å². The third-order valence-electron chi connectivity index (χ3n) is 0.175. The van der Waals surface area contributed by atoms with E-state index >= 15 is 0 Å². The van der Waals surface area contributed by atoms with Crippen molar-refractivity contribution in [1.82, 2.24) is 6.15 Å². The van der Waals surface area contributed by atoms with Gasteiger partial charge in [0, 0.05) is 6.08 Å². The van der Waals surface area contributed by atoms with E-state index < -0.39 is 5.97 Å². The fourth-order valence-corrected chi connectivity index (χ4v) is 0. The van der Waals surface area contributed by atoms with Crippen LogP contribution in [0, 0.1) is 0 Å². The van der Waals surface area contributed by atoms with Gasteiger partial charge in [0.1, 0.15) is 0 Å². The fraction of sp³-hybridized carbons (Fsp3) is 0. The number of hydrogen-bond acceptors (Lipinski definition) is 2. The Labute approximate surface area is 48.9 Å². The molecule has 0 aromatic carbocycles. The highest BCUT2D eigenvalue weighted by molar-refractivity contribution is 5.78. The van der Waals surface area contributed by atoms with Gasteiger partial charge in [-0.1, -0.05) is 6.58 Å². The second kappa shape index (κ2) is 16.8. The number of carboxylic acids is 1. The summed E-state index contributed by atoms with van der Waals surface area (Å²) in [6.07, 6.45) is 0.833. The molecule has 4 N–H and O–H groups in total. The van der Waals surface area contributed by atoms with E-state index in [2.05, 4.69) is 19.7 Å². The molecule has 0 aliphatic carbocycles. The van der Waals surface area contributed by atoms with Gasteiger partial charge in [-0.25, -0.2) is 4.79 Å². The zero-order valence-corrected chi connectivity index (χ0v) is 4.76. The molecule has 0 spiro atoms. The van der Waals surface area contributed by atoms with Crippen LogP contribution in [0.2, 0.25) is 0 Å². The van der Waals surface area contributed by atoms with Crippen LogP contribution in [0.4, 0.5) is 0 Å². The number of carbonyl (C=O) groups is 1. The summed E-state index contributed by atoms with van der Waals surface area (Å²) >= 11 is 0. The van der Waals surface area contributed by atoms with Gasteiger partial charge in [0.25, 0.3) is 0 Å². The van der Waals surface area contributed by atoms with Crippen molar-refractivity contribution in [3.05, 3.63) is 25.8 Å². The first kappa shape index (κ1) is 15.8. The first-order chi connectivity index (χ1) is 3.27. The van der Waals surface area contributed by atoms with E-state index in [0.29, 0.717) is 0 Å². The molecule has 3 heteroatoms. The lowest BCUT2D eigenvalue weighted by atomic mass is 10.7. The standard InChI is InChI=1S/C3H4O2.C2H4.H3N/c1-2-3(4)5;1-2;/h2H,1H2,(H,4,5);1-2H2;1H3. The Kier molecular flexibility index (Phi) is 33.2. The maximum atomic E-state index is 9.25. The zero-order chi connectivity index (χ0) is 6.28. The van der Waals surface area contributed by atoms with E-state index in [0.717, 1.165) is 6.08 Å². The normalized spacial score (nSPS) is 4.50. The Morgan fingerprint density at radius 2 is 1.62 bits per heavy atom. The Balaban J connectivity index is -0.0000000750. The van der Waals surface area contributed by atoms with Crippen molar-refractivity contribution in [1.29, 1.82) is 0 Å². The van der Waals surface area contributed by atoms with E-state index in [4.69, 9.17) is 5.11 Å². The Hall–Kier alpha value is -1.09. The van der Waals surface area contributed by atoms with Gasteiger partial charge in [0.2, 0.25) is 0 Å². The number of hydrogen-bond donors (Lipinski definition) is 2. The first-order valence-electron chi connectivity index (χ1n) is 1.62. The Morgan fingerprint density at radius 3 is 1.62 bits per heavy atom. The van der Waals surface area contributed by atoms with Gasteiger partial charge < -0.3 is 11.3 Å². The smallest absolute Gasteiger partial charge is 0.327 e. The van der Waals surface area contributed by atoms with Gasteiger partial charge in [-0.05, 0) is 0 Å². The molecule has 0 atom stereocenters. The van der Waals surface area contributed by atoms with Crippen molar-refractivity contribution in [3.8, 4) is 0 Å². The number of aliphatic carboxylic acids is 1. The summed E-state index contributed by atoms with van der Waals surface area (Å²) in [6.45, 7) is 8.96. The molecule has 0 aliphatic heterocycles. The fourth-order valence-electron chi connectivity index (χ4n) is 0. The molecule has 0 bridgehead atoms. The minimum Gasteiger partial charge on any atom is -0.478 e. The molecule has 0 saturated heterocycles. The van der Waals surface area contributed by atoms with Crippen molar-refractivity contribution in [2.45, 2.75) is 0 Å². The van der Waals surface area contributed by atoms with Gasteiger partial charge in [-0.2, -0.15) is 0 Å². The monoisotopic (exact) mass is 117 g/mol. The molecule has 48 valence electrons. The van der Waals surface area contributed by atoms with Gasteiger partial charge in [0.15, 0.2) is 0 Å². The average molecular weight is 117 g/mol. The summed E-state index contributed by atoms with van der Waals surface area (Å²) in [6, 6.07) is 0. The lowest BCUT2D eigenvalue weighted by molar-refractivity contribution is -0.131. The van der Waals surface area contributed by atoms with Gasteiger partial charge in [0.05, 0.1) is 0 Å². The molecule has 0 aromatic heterocycles. The number of carboxylic acid groups (broad SMARTS) is 1. The zero-order valence-electron chi connectivity index (χ0n) is 4.76. The van der Waals surface area contributed by atoms with Crippen LogP contribution in [0.25, 0.3) is 0 Å². The highest BCUT2D eigenvalue weighted by atomic mass is 16.4. The summed E-state index contributed by atoms with van der Waals surface area (Å²) in [5.41, 5.74) is 0. The van der Waals surface area contributed by atoms with Gasteiger partial charge in [-0.15, -0.1) is 13.2 Å². The summed E-state index contributed by atoms with van der Waals surface area (Å²) in [5, 5.41) is 7.60. The van der Waals surface area contributed by atoms with Gasteiger partial charge in [-0.3, -0.25) is 0 Å². The molecule has 0 aromatic rings. The summed E-state index contributed by atoms with van der Waals surface area (Å²) in [7, 11) is 0. The van der Waals surface area contributed by atoms with Crippen LogP contribution in [0.15, 0.2) is 25.8 Å². The third kappa shape index (κ3) is 90.6. The highest BCUT2D eigenvalue weighted by Gasteiger charge is 1.73. The topological polar surface area (TPSA) is 72.3 Å².